The van der Waals surface area contributed by atoms with Crippen LogP contribution in [0.4, 0.5) is 10.1 Å². The van der Waals surface area contributed by atoms with Crippen LogP contribution in [0.5, 0.6) is 0 Å². The zero-order valence-corrected chi connectivity index (χ0v) is 8.63. The van der Waals surface area contributed by atoms with Gasteiger partial charge >= 0.3 is 0 Å². The molecule has 2 N–H and O–H groups in total. The summed E-state index contributed by atoms with van der Waals surface area (Å²) in [6.07, 6.45) is 0. The second-order valence-corrected chi connectivity index (χ2v) is 3.59. The zero-order valence-electron chi connectivity index (χ0n) is 7.87. The number of benzene rings is 2. The first kappa shape index (κ1) is 9.99. The average Bonchev–Trinajstić information content (AvgIpc) is 2.26. The minimum atomic E-state index is -0.358. The van der Waals surface area contributed by atoms with Gasteiger partial charge in [-0.1, -0.05) is 41.9 Å². The van der Waals surface area contributed by atoms with Crippen LogP contribution in [0.15, 0.2) is 42.5 Å². The van der Waals surface area contributed by atoms with Crippen LogP contribution >= 0.6 is 11.6 Å². The van der Waals surface area contributed by atoms with Crippen molar-refractivity contribution >= 4 is 17.3 Å². The van der Waals surface area contributed by atoms with Crippen molar-refractivity contribution < 1.29 is 4.39 Å². The Kier molecular flexibility index (Phi) is 2.60. The molecular formula is C12H9ClFN. The lowest BCUT2D eigenvalue weighted by molar-refractivity contribution is 0.632. The fraction of sp³-hybridized carbons (Fsp3) is 0. The molecule has 0 aliphatic heterocycles. The molecule has 3 heteroatoms. The molecule has 2 aromatic carbocycles. The zero-order chi connectivity index (χ0) is 10.8. The third-order valence-electron chi connectivity index (χ3n) is 2.20. The van der Waals surface area contributed by atoms with Crippen LogP contribution in [-0.2, 0) is 0 Å². The van der Waals surface area contributed by atoms with Gasteiger partial charge in [-0.15, -0.1) is 0 Å². The van der Waals surface area contributed by atoms with Crippen LogP contribution in [-0.4, -0.2) is 0 Å². The van der Waals surface area contributed by atoms with Crippen LogP contribution in [0.1, 0.15) is 0 Å². The number of hydrogen-bond acceptors (Lipinski definition) is 1. The van der Waals surface area contributed by atoms with E-state index >= 15 is 0 Å². The highest BCUT2D eigenvalue weighted by molar-refractivity contribution is 6.33. The molecule has 0 unspecified atom stereocenters. The van der Waals surface area contributed by atoms with Crippen molar-refractivity contribution in [1.29, 1.82) is 0 Å². The van der Waals surface area contributed by atoms with Crippen LogP contribution in [0.3, 0.4) is 0 Å². The normalized spacial score (nSPS) is 10.3. The maximum absolute atomic E-state index is 13.6. The van der Waals surface area contributed by atoms with E-state index in [0.717, 1.165) is 5.56 Å². The van der Waals surface area contributed by atoms with E-state index < -0.39 is 0 Å². The minimum Gasteiger partial charge on any atom is -0.397 e. The lowest BCUT2D eigenvalue weighted by atomic mass is 10.0. The maximum atomic E-state index is 13.6. The smallest absolute Gasteiger partial charge is 0.133 e. The molecule has 0 aliphatic rings. The molecule has 0 fully saturated rings. The highest BCUT2D eigenvalue weighted by atomic mass is 35.5. The maximum Gasteiger partial charge on any atom is 0.133 e. The van der Waals surface area contributed by atoms with E-state index in [2.05, 4.69) is 0 Å². The quantitative estimate of drug-likeness (QED) is 0.730. The fourth-order valence-electron chi connectivity index (χ4n) is 1.47. The lowest BCUT2D eigenvalue weighted by Gasteiger charge is -2.08. The van der Waals surface area contributed by atoms with E-state index in [4.69, 9.17) is 17.3 Å². The van der Waals surface area contributed by atoms with Crippen molar-refractivity contribution in [3.8, 4) is 11.1 Å². The van der Waals surface area contributed by atoms with Crippen molar-refractivity contribution in [2.75, 3.05) is 5.73 Å². The first-order chi connectivity index (χ1) is 7.20. The van der Waals surface area contributed by atoms with Crippen molar-refractivity contribution in [2.24, 2.45) is 0 Å². The second-order valence-electron chi connectivity index (χ2n) is 3.18. The SMILES string of the molecule is Nc1c(Cl)ccc(F)c1-c1ccccc1. The third kappa shape index (κ3) is 1.81. The standard InChI is InChI=1S/C12H9ClFN/c13-9-6-7-10(14)11(12(9)15)8-4-2-1-3-5-8/h1-7H,15H2. The Bertz CT molecular complexity index is 482. The summed E-state index contributed by atoms with van der Waals surface area (Å²) in [5.41, 5.74) is 7.12. The number of halogens is 2. The van der Waals surface area contributed by atoms with E-state index in [1.807, 2.05) is 18.2 Å². The number of rotatable bonds is 1. The van der Waals surface area contributed by atoms with Gasteiger partial charge in [0.25, 0.3) is 0 Å². The summed E-state index contributed by atoms with van der Waals surface area (Å²) in [6, 6.07) is 11.9. The van der Waals surface area contributed by atoms with Gasteiger partial charge < -0.3 is 5.73 Å². The minimum absolute atomic E-state index is 0.280. The second kappa shape index (κ2) is 3.91. The highest BCUT2D eigenvalue weighted by Crippen LogP contribution is 2.33. The Hall–Kier alpha value is -1.54. The molecule has 0 amide bonds. The molecular weight excluding hydrogens is 213 g/mol. The van der Waals surface area contributed by atoms with Gasteiger partial charge in [-0.3, -0.25) is 0 Å². The summed E-state index contributed by atoms with van der Waals surface area (Å²) in [5.74, 6) is -0.358. The number of nitrogens with two attached hydrogens (primary N) is 1. The molecule has 0 spiro atoms. The van der Waals surface area contributed by atoms with Gasteiger partial charge in [0.1, 0.15) is 5.82 Å². The summed E-state index contributed by atoms with van der Waals surface area (Å²) in [7, 11) is 0. The number of nitrogen functional groups attached to an aromatic ring is 1. The Morgan fingerprint density at radius 2 is 1.67 bits per heavy atom. The molecule has 1 nitrogen and oxygen atoms in total. The number of hydrogen-bond donors (Lipinski definition) is 1. The van der Waals surface area contributed by atoms with E-state index in [1.54, 1.807) is 12.1 Å². The van der Waals surface area contributed by atoms with Crippen molar-refractivity contribution in [2.45, 2.75) is 0 Å². The lowest BCUT2D eigenvalue weighted by Crippen LogP contribution is -1.94. The molecule has 2 aromatic rings. The molecule has 2 rings (SSSR count). The van der Waals surface area contributed by atoms with Crippen LogP contribution in [0.25, 0.3) is 11.1 Å². The van der Waals surface area contributed by atoms with Gasteiger partial charge in [0.2, 0.25) is 0 Å². The van der Waals surface area contributed by atoms with Gasteiger partial charge in [-0.25, -0.2) is 4.39 Å². The topological polar surface area (TPSA) is 26.0 Å². The van der Waals surface area contributed by atoms with Crippen LogP contribution in [0, 0.1) is 5.82 Å². The molecule has 0 saturated carbocycles. The fourth-order valence-corrected chi connectivity index (χ4v) is 1.62. The number of anilines is 1. The van der Waals surface area contributed by atoms with Gasteiger partial charge in [-0.05, 0) is 17.7 Å². The van der Waals surface area contributed by atoms with Crippen molar-refractivity contribution in [3.63, 3.8) is 0 Å². The molecule has 0 atom stereocenters. The summed E-state index contributed by atoms with van der Waals surface area (Å²) in [4.78, 5) is 0. The van der Waals surface area contributed by atoms with Crippen molar-refractivity contribution in [1.82, 2.24) is 0 Å². The predicted octanol–water partition coefficient (Wildman–Crippen LogP) is 3.73. The first-order valence-electron chi connectivity index (χ1n) is 4.49. The Morgan fingerprint density at radius 3 is 2.33 bits per heavy atom. The molecule has 0 bridgehead atoms. The first-order valence-corrected chi connectivity index (χ1v) is 4.87. The molecule has 0 radical (unpaired) electrons. The summed E-state index contributed by atoms with van der Waals surface area (Å²) in [5, 5.41) is 0.371. The Labute approximate surface area is 92.3 Å². The molecule has 0 aliphatic carbocycles. The Balaban J connectivity index is 2.68. The third-order valence-corrected chi connectivity index (χ3v) is 2.53. The predicted molar refractivity (Wildman–Crippen MR) is 61.3 cm³/mol. The highest BCUT2D eigenvalue weighted by Gasteiger charge is 2.11. The molecule has 76 valence electrons. The molecule has 0 saturated heterocycles. The van der Waals surface area contributed by atoms with Gasteiger partial charge in [0.15, 0.2) is 0 Å². The summed E-state index contributed by atoms with van der Waals surface area (Å²) >= 11 is 5.84. The van der Waals surface area contributed by atoms with Gasteiger partial charge in [-0.2, -0.15) is 0 Å². The van der Waals surface area contributed by atoms with Crippen LogP contribution in [0.2, 0.25) is 5.02 Å². The summed E-state index contributed by atoms with van der Waals surface area (Å²) < 4.78 is 13.6. The molecule has 0 heterocycles. The van der Waals surface area contributed by atoms with Crippen molar-refractivity contribution in [3.05, 3.63) is 53.3 Å². The van der Waals surface area contributed by atoms with Gasteiger partial charge in [0, 0.05) is 5.56 Å². The van der Waals surface area contributed by atoms with Crippen LogP contribution < -0.4 is 5.73 Å². The average molecular weight is 222 g/mol. The monoisotopic (exact) mass is 221 g/mol. The van der Waals surface area contributed by atoms with Gasteiger partial charge in [0.05, 0.1) is 10.7 Å². The largest absolute Gasteiger partial charge is 0.397 e. The summed E-state index contributed by atoms with van der Waals surface area (Å²) in [6.45, 7) is 0. The molecule has 15 heavy (non-hydrogen) atoms. The Morgan fingerprint density at radius 1 is 1.00 bits per heavy atom. The van der Waals surface area contributed by atoms with E-state index in [-0.39, 0.29) is 11.5 Å². The molecule has 0 aromatic heterocycles. The van der Waals surface area contributed by atoms with E-state index in [0.29, 0.717) is 10.6 Å². The van der Waals surface area contributed by atoms with E-state index in [9.17, 15) is 4.39 Å². The van der Waals surface area contributed by atoms with E-state index in [1.165, 1.54) is 12.1 Å².